The van der Waals surface area contributed by atoms with E-state index < -0.39 is 0 Å². The van der Waals surface area contributed by atoms with Crippen molar-refractivity contribution >= 4 is 5.91 Å². The van der Waals surface area contributed by atoms with Gasteiger partial charge in [-0.25, -0.2) is 4.98 Å². The molecule has 4 heteroatoms. The molecule has 0 aliphatic rings. The minimum Gasteiger partial charge on any atom is -0.352 e. The number of carbonyl (C=O) groups excluding carboxylic acids is 1. The number of aromatic amines is 1. The number of hydrogen-bond donors (Lipinski definition) is 2. The van der Waals surface area contributed by atoms with E-state index in [-0.39, 0.29) is 5.91 Å². The predicted octanol–water partition coefficient (Wildman–Crippen LogP) is 3.36. The number of nitrogens with zero attached hydrogens (tertiary/aromatic N) is 1. The summed E-state index contributed by atoms with van der Waals surface area (Å²) in [7, 11) is 0. The SMILES string of the molecule is Cc1cccc(-c2cccc(C(=O)NCCc3ncc[nH]3)c2)c1. The van der Waals surface area contributed by atoms with Gasteiger partial charge in [-0.1, -0.05) is 42.0 Å². The summed E-state index contributed by atoms with van der Waals surface area (Å²) in [6.45, 7) is 2.62. The van der Waals surface area contributed by atoms with Crippen LogP contribution in [0.3, 0.4) is 0 Å². The summed E-state index contributed by atoms with van der Waals surface area (Å²) in [5.74, 6) is 0.810. The predicted molar refractivity (Wildman–Crippen MR) is 91.2 cm³/mol. The molecule has 0 saturated carbocycles. The molecule has 2 N–H and O–H groups in total. The maximum Gasteiger partial charge on any atom is 0.251 e. The fourth-order valence-electron chi connectivity index (χ4n) is 2.50. The first-order valence-corrected chi connectivity index (χ1v) is 7.66. The topological polar surface area (TPSA) is 57.8 Å². The smallest absolute Gasteiger partial charge is 0.251 e. The van der Waals surface area contributed by atoms with Crippen molar-refractivity contribution in [1.29, 1.82) is 0 Å². The van der Waals surface area contributed by atoms with Crippen LogP contribution in [0.2, 0.25) is 0 Å². The van der Waals surface area contributed by atoms with Crippen LogP contribution in [0, 0.1) is 6.92 Å². The van der Waals surface area contributed by atoms with Crippen LogP contribution in [0.4, 0.5) is 0 Å². The summed E-state index contributed by atoms with van der Waals surface area (Å²) in [4.78, 5) is 19.4. The van der Waals surface area contributed by atoms with Gasteiger partial charge in [0.15, 0.2) is 0 Å². The van der Waals surface area contributed by atoms with Crippen LogP contribution in [0.25, 0.3) is 11.1 Å². The average molecular weight is 305 g/mol. The first-order valence-electron chi connectivity index (χ1n) is 7.66. The van der Waals surface area contributed by atoms with Crippen molar-refractivity contribution < 1.29 is 4.79 Å². The first-order chi connectivity index (χ1) is 11.2. The van der Waals surface area contributed by atoms with E-state index >= 15 is 0 Å². The molecule has 1 heterocycles. The molecule has 0 atom stereocenters. The van der Waals surface area contributed by atoms with Gasteiger partial charge in [0.2, 0.25) is 0 Å². The molecule has 2 aromatic carbocycles. The van der Waals surface area contributed by atoms with Gasteiger partial charge in [0.1, 0.15) is 5.82 Å². The van der Waals surface area contributed by atoms with Gasteiger partial charge in [0.25, 0.3) is 5.91 Å². The monoisotopic (exact) mass is 305 g/mol. The molecule has 0 aliphatic heterocycles. The van der Waals surface area contributed by atoms with Crippen LogP contribution in [-0.4, -0.2) is 22.4 Å². The summed E-state index contributed by atoms with van der Waals surface area (Å²) < 4.78 is 0. The van der Waals surface area contributed by atoms with Crippen LogP contribution >= 0.6 is 0 Å². The van der Waals surface area contributed by atoms with Gasteiger partial charge in [0, 0.05) is 30.9 Å². The highest BCUT2D eigenvalue weighted by atomic mass is 16.1. The zero-order valence-corrected chi connectivity index (χ0v) is 13.0. The van der Waals surface area contributed by atoms with Crippen molar-refractivity contribution in [2.24, 2.45) is 0 Å². The number of imidazole rings is 1. The summed E-state index contributed by atoms with van der Waals surface area (Å²) in [6.07, 6.45) is 4.18. The maximum absolute atomic E-state index is 12.3. The number of carbonyl (C=O) groups is 1. The second-order valence-electron chi connectivity index (χ2n) is 5.49. The molecule has 3 aromatic rings. The van der Waals surface area contributed by atoms with Gasteiger partial charge in [0.05, 0.1) is 0 Å². The lowest BCUT2D eigenvalue weighted by Crippen LogP contribution is -2.25. The largest absolute Gasteiger partial charge is 0.352 e. The average Bonchev–Trinajstić information content (AvgIpc) is 3.08. The van der Waals surface area contributed by atoms with Crippen molar-refractivity contribution in [1.82, 2.24) is 15.3 Å². The third kappa shape index (κ3) is 3.86. The van der Waals surface area contributed by atoms with Crippen molar-refractivity contribution in [2.45, 2.75) is 13.3 Å². The number of aromatic nitrogens is 2. The summed E-state index contributed by atoms with van der Waals surface area (Å²) >= 11 is 0. The molecule has 23 heavy (non-hydrogen) atoms. The van der Waals surface area contributed by atoms with Gasteiger partial charge in [-0.3, -0.25) is 4.79 Å². The number of hydrogen-bond acceptors (Lipinski definition) is 2. The van der Waals surface area contributed by atoms with Gasteiger partial charge in [-0.2, -0.15) is 0 Å². The Morgan fingerprint density at radius 2 is 1.91 bits per heavy atom. The van der Waals surface area contributed by atoms with Gasteiger partial charge >= 0.3 is 0 Å². The van der Waals surface area contributed by atoms with E-state index in [0.717, 1.165) is 17.0 Å². The van der Waals surface area contributed by atoms with Crippen LogP contribution in [0.1, 0.15) is 21.7 Å². The van der Waals surface area contributed by atoms with Crippen LogP contribution in [-0.2, 0) is 6.42 Å². The molecule has 0 unspecified atom stereocenters. The molecule has 116 valence electrons. The normalized spacial score (nSPS) is 10.5. The van der Waals surface area contributed by atoms with Crippen LogP contribution in [0.5, 0.6) is 0 Å². The number of amides is 1. The van der Waals surface area contributed by atoms with E-state index in [1.54, 1.807) is 12.4 Å². The zero-order valence-electron chi connectivity index (χ0n) is 13.0. The van der Waals surface area contributed by atoms with Crippen molar-refractivity contribution in [3.05, 3.63) is 77.9 Å². The molecular weight excluding hydrogens is 286 g/mol. The minimum absolute atomic E-state index is 0.0638. The summed E-state index contributed by atoms with van der Waals surface area (Å²) in [5, 5.41) is 2.93. The maximum atomic E-state index is 12.3. The fourth-order valence-corrected chi connectivity index (χ4v) is 2.50. The van der Waals surface area contributed by atoms with E-state index in [0.29, 0.717) is 18.5 Å². The summed E-state index contributed by atoms with van der Waals surface area (Å²) in [6, 6.07) is 16.0. The van der Waals surface area contributed by atoms with E-state index in [1.165, 1.54) is 5.56 Å². The van der Waals surface area contributed by atoms with E-state index in [1.807, 2.05) is 30.3 Å². The fraction of sp³-hybridized carbons (Fsp3) is 0.158. The first kappa shape index (κ1) is 15.0. The second-order valence-corrected chi connectivity index (χ2v) is 5.49. The highest BCUT2D eigenvalue weighted by Crippen LogP contribution is 2.21. The Morgan fingerprint density at radius 3 is 2.65 bits per heavy atom. The quantitative estimate of drug-likeness (QED) is 0.759. The van der Waals surface area contributed by atoms with Gasteiger partial charge < -0.3 is 10.3 Å². The minimum atomic E-state index is -0.0638. The number of rotatable bonds is 5. The third-order valence-electron chi connectivity index (χ3n) is 3.68. The Kier molecular flexibility index (Phi) is 4.52. The molecule has 3 rings (SSSR count). The molecular formula is C19H19N3O. The molecule has 0 spiro atoms. The van der Waals surface area contributed by atoms with Gasteiger partial charge in [-0.05, 0) is 30.2 Å². The van der Waals surface area contributed by atoms with Crippen molar-refractivity contribution in [3.63, 3.8) is 0 Å². The second kappa shape index (κ2) is 6.92. The van der Waals surface area contributed by atoms with E-state index in [2.05, 4.69) is 40.4 Å². The lowest BCUT2D eigenvalue weighted by Gasteiger charge is -2.07. The lowest BCUT2D eigenvalue weighted by molar-refractivity contribution is 0.0954. The Bertz CT molecular complexity index is 794. The van der Waals surface area contributed by atoms with E-state index in [4.69, 9.17) is 0 Å². The molecule has 0 radical (unpaired) electrons. The Labute approximate surface area is 135 Å². The summed E-state index contributed by atoms with van der Waals surface area (Å²) in [5.41, 5.74) is 4.04. The Morgan fingerprint density at radius 1 is 1.13 bits per heavy atom. The van der Waals surface area contributed by atoms with Crippen LogP contribution in [0.15, 0.2) is 60.9 Å². The Balaban J connectivity index is 1.68. The zero-order chi connectivity index (χ0) is 16.1. The highest BCUT2D eigenvalue weighted by molar-refractivity contribution is 5.95. The van der Waals surface area contributed by atoms with Crippen LogP contribution < -0.4 is 5.32 Å². The third-order valence-corrected chi connectivity index (χ3v) is 3.68. The van der Waals surface area contributed by atoms with E-state index in [9.17, 15) is 4.79 Å². The molecule has 0 bridgehead atoms. The molecule has 0 fully saturated rings. The number of benzene rings is 2. The molecule has 0 aliphatic carbocycles. The molecule has 4 nitrogen and oxygen atoms in total. The standard InChI is InChI=1S/C19H19N3O/c1-14-4-2-5-15(12-14)16-6-3-7-17(13-16)19(23)22-9-8-18-20-10-11-21-18/h2-7,10-13H,8-9H2,1H3,(H,20,21)(H,22,23). The number of nitrogens with one attached hydrogen (secondary N) is 2. The van der Waals surface area contributed by atoms with Crippen molar-refractivity contribution in [3.8, 4) is 11.1 Å². The number of H-pyrrole nitrogens is 1. The molecule has 1 amide bonds. The Hall–Kier alpha value is -2.88. The molecule has 1 aromatic heterocycles. The number of aryl methyl sites for hydroxylation is 1. The van der Waals surface area contributed by atoms with Crippen molar-refractivity contribution in [2.75, 3.05) is 6.54 Å². The molecule has 0 saturated heterocycles. The highest BCUT2D eigenvalue weighted by Gasteiger charge is 2.07. The lowest BCUT2D eigenvalue weighted by atomic mass is 10.0. The van der Waals surface area contributed by atoms with Gasteiger partial charge in [-0.15, -0.1) is 0 Å².